The van der Waals surface area contributed by atoms with E-state index in [1.54, 1.807) is 7.11 Å². The minimum atomic E-state index is -0.457. The lowest BCUT2D eigenvalue weighted by Crippen LogP contribution is -2.46. The van der Waals surface area contributed by atoms with Gasteiger partial charge in [-0.05, 0) is 49.9 Å². The molecule has 7 nitrogen and oxygen atoms in total. The lowest BCUT2D eigenvalue weighted by atomic mass is 10.1. The first-order valence-electron chi connectivity index (χ1n) is 12.2. The summed E-state index contributed by atoms with van der Waals surface area (Å²) in [5, 5.41) is 12.9. The first-order valence-corrected chi connectivity index (χ1v) is 12.2. The molecule has 7 heteroatoms. The van der Waals surface area contributed by atoms with Crippen molar-refractivity contribution in [2.75, 3.05) is 40.0 Å². The molecule has 0 spiro atoms. The molecule has 1 aliphatic heterocycles. The molecule has 2 rings (SSSR count). The third kappa shape index (κ3) is 11.2. The highest BCUT2D eigenvalue weighted by atomic mass is 16.5. The lowest BCUT2D eigenvalue weighted by molar-refractivity contribution is -0.124. The van der Waals surface area contributed by atoms with E-state index in [9.17, 15) is 9.90 Å². The summed E-state index contributed by atoms with van der Waals surface area (Å²) in [5.41, 5.74) is 0. The van der Waals surface area contributed by atoms with Gasteiger partial charge in [0.25, 0.3) is 0 Å². The summed E-state index contributed by atoms with van der Waals surface area (Å²) in [5.74, 6) is 1.52. The summed E-state index contributed by atoms with van der Waals surface area (Å²) in [6.07, 6.45) is 7.87. The number of likely N-dealkylation sites (tertiary alicyclic amines) is 1. The van der Waals surface area contributed by atoms with Crippen molar-refractivity contribution < 1.29 is 24.1 Å². The standard InChI is InChI=1S/C25H42N2O5/c1-3-4-18-31-22-11-13-23(14-12-22)32-25(20-27-16-15-21(28)19-27)26-24(29)10-8-6-5-7-9-17-30-2/h11-14,21,25,28H,3-10,15-20H2,1-2H3,(H,26,29)/t21-,25-/m0/s1. The second kappa shape index (κ2) is 15.9. The van der Waals surface area contributed by atoms with Crippen molar-refractivity contribution in [2.24, 2.45) is 0 Å². The molecule has 2 N–H and O–H groups in total. The van der Waals surface area contributed by atoms with E-state index in [0.717, 1.165) is 70.3 Å². The Balaban J connectivity index is 1.81. The smallest absolute Gasteiger partial charge is 0.222 e. The number of benzene rings is 1. The Morgan fingerprint density at radius 1 is 1.09 bits per heavy atom. The molecular formula is C25H42N2O5. The van der Waals surface area contributed by atoms with Gasteiger partial charge in [-0.15, -0.1) is 0 Å². The highest BCUT2D eigenvalue weighted by Crippen LogP contribution is 2.20. The van der Waals surface area contributed by atoms with E-state index in [1.807, 2.05) is 24.3 Å². The van der Waals surface area contributed by atoms with Gasteiger partial charge < -0.3 is 24.6 Å². The van der Waals surface area contributed by atoms with E-state index in [4.69, 9.17) is 14.2 Å². The Morgan fingerprint density at radius 3 is 2.50 bits per heavy atom. The number of unbranched alkanes of at least 4 members (excludes halogenated alkanes) is 5. The lowest BCUT2D eigenvalue weighted by Gasteiger charge is -2.25. The average Bonchev–Trinajstić information content (AvgIpc) is 3.19. The molecule has 1 aromatic carbocycles. The number of hydrogen-bond donors (Lipinski definition) is 2. The molecular weight excluding hydrogens is 408 g/mol. The van der Waals surface area contributed by atoms with Crippen LogP contribution in [0.4, 0.5) is 0 Å². The van der Waals surface area contributed by atoms with E-state index in [-0.39, 0.29) is 12.0 Å². The summed E-state index contributed by atoms with van der Waals surface area (Å²) in [6, 6.07) is 7.54. The predicted molar refractivity (Wildman–Crippen MR) is 126 cm³/mol. The van der Waals surface area contributed by atoms with Crippen molar-refractivity contribution in [2.45, 2.75) is 77.0 Å². The van der Waals surface area contributed by atoms with Crippen molar-refractivity contribution in [3.05, 3.63) is 24.3 Å². The maximum atomic E-state index is 12.5. The van der Waals surface area contributed by atoms with E-state index in [1.165, 1.54) is 0 Å². The van der Waals surface area contributed by atoms with Crippen molar-refractivity contribution >= 4 is 5.91 Å². The number of carbonyl (C=O) groups is 1. The van der Waals surface area contributed by atoms with Crippen molar-refractivity contribution in [3.8, 4) is 11.5 Å². The molecule has 1 aromatic rings. The number of rotatable bonds is 17. The molecule has 1 aliphatic rings. The molecule has 0 aromatic heterocycles. The fourth-order valence-electron chi connectivity index (χ4n) is 3.75. The molecule has 1 heterocycles. The fraction of sp³-hybridized carbons (Fsp3) is 0.720. The second-order valence-corrected chi connectivity index (χ2v) is 8.56. The maximum absolute atomic E-state index is 12.5. The van der Waals surface area contributed by atoms with Gasteiger partial charge in [0.1, 0.15) is 11.5 Å². The molecule has 182 valence electrons. The number of aliphatic hydroxyl groups is 1. The number of nitrogens with zero attached hydrogens (tertiary/aromatic N) is 1. The van der Waals surface area contributed by atoms with Gasteiger partial charge in [-0.3, -0.25) is 9.69 Å². The van der Waals surface area contributed by atoms with Crippen molar-refractivity contribution in [3.63, 3.8) is 0 Å². The number of methoxy groups -OCH3 is 1. The molecule has 0 unspecified atom stereocenters. The van der Waals surface area contributed by atoms with Crippen LogP contribution in [0.1, 0.15) is 64.7 Å². The van der Waals surface area contributed by atoms with Crippen molar-refractivity contribution in [1.82, 2.24) is 10.2 Å². The Labute approximate surface area is 193 Å². The van der Waals surface area contributed by atoms with Crippen molar-refractivity contribution in [1.29, 1.82) is 0 Å². The molecule has 0 saturated carbocycles. The molecule has 0 aliphatic carbocycles. The Hall–Kier alpha value is -1.83. The second-order valence-electron chi connectivity index (χ2n) is 8.56. The summed E-state index contributed by atoms with van der Waals surface area (Å²) >= 11 is 0. The molecule has 0 bridgehead atoms. The van der Waals surface area contributed by atoms with Crippen LogP contribution in [-0.2, 0) is 9.53 Å². The topological polar surface area (TPSA) is 80.3 Å². The number of amides is 1. The van der Waals surface area contributed by atoms with Gasteiger partial charge in [-0.1, -0.05) is 32.6 Å². The number of β-amino-alcohol motifs (C(OH)–C–C–N with tert-alkyl or cyclic N) is 1. The first kappa shape index (κ1) is 26.4. The summed E-state index contributed by atoms with van der Waals surface area (Å²) in [4.78, 5) is 14.7. The van der Waals surface area contributed by atoms with Crippen LogP contribution < -0.4 is 14.8 Å². The zero-order valence-corrected chi connectivity index (χ0v) is 19.9. The normalized spacial score (nSPS) is 17.3. The Morgan fingerprint density at radius 2 is 1.81 bits per heavy atom. The minimum absolute atomic E-state index is 0.00570. The zero-order valence-electron chi connectivity index (χ0n) is 19.9. The van der Waals surface area contributed by atoms with Crippen LogP contribution >= 0.6 is 0 Å². The minimum Gasteiger partial charge on any atom is -0.494 e. The van der Waals surface area contributed by atoms with Crippen LogP contribution in [0.15, 0.2) is 24.3 Å². The van der Waals surface area contributed by atoms with Gasteiger partial charge in [0.15, 0.2) is 6.23 Å². The maximum Gasteiger partial charge on any atom is 0.222 e. The summed E-state index contributed by atoms with van der Waals surface area (Å²) < 4.78 is 16.9. The predicted octanol–water partition coefficient (Wildman–Crippen LogP) is 3.74. The Bertz CT molecular complexity index is 625. The highest BCUT2D eigenvalue weighted by Gasteiger charge is 2.25. The van der Waals surface area contributed by atoms with Crippen LogP contribution in [0.2, 0.25) is 0 Å². The van der Waals surface area contributed by atoms with Gasteiger partial charge in [-0.2, -0.15) is 0 Å². The van der Waals surface area contributed by atoms with Gasteiger partial charge >= 0.3 is 0 Å². The first-order chi connectivity index (χ1) is 15.6. The van der Waals surface area contributed by atoms with Crippen LogP contribution in [0.25, 0.3) is 0 Å². The highest BCUT2D eigenvalue weighted by molar-refractivity contribution is 5.76. The fourth-order valence-corrected chi connectivity index (χ4v) is 3.75. The van der Waals surface area contributed by atoms with Gasteiger partial charge in [0.05, 0.1) is 19.3 Å². The van der Waals surface area contributed by atoms with Crippen LogP contribution in [0.5, 0.6) is 11.5 Å². The van der Waals surface area contributed by atoms with Gasteiger partial charge in [0, 0.05) is 33.2 Å². The third-order valence-corrected chi connectivity index (χ3v) is 5.61. The van der Waals surface area contributed by atoms with E-state index < -0.39 is 6.23 Å². The average molecular weight is 451 g/mol. The Kier molecular flexibility index (Phi) is 13.1. The molecule has 32 heavy (non-hydrogen) atoms. The monoisotopic (exact) mass is 450 g/mol. The summed E-state index contributed by atoms with van der Waals surface area (Å²) in [6.45, 7) is 5.62. The number of nitrogens with one attached hydrogen (secondary N) is 1. The quantitative estimate of drug-likeness (QED) is 0.278. The van der Waals surface area contributed by atoms with E-state index in [0.29, 0.717) is 31.9 Å². The van der Waals surface area contributed by atoms with E-state index >= 15 is 0 Å². The van der Waals surface area contributed by atoms with Crippen LogP contribution in [-0.4, -0.2) is 68.2 Å². The molecule has 0 radical (unpaired) electrons. The number of hydrogen-bond acceptors (Lipinski definition) is 6. The molecule has 2 atom stereocenters. The largest absolute Gasteiger partial charge is 0.494 e. The third-order valence-electron chi connectivity index (χ3n) is 5.61. The molecule has 1 saturated heterocycles. The SMILES string of the molecule is CCCCOc1ccc(O[C@@H](CN2CC[C@H](O)C2)NC(=O)CCCCCCCOC)cc1. The molecule has 1 amide bonds. The zero-order chi connectivity index (χ0) is 23.0. The van der Waals surface area contributed by atoms with Gasteiger partial charge in [0.2, 0.25) is 5.91 Å². The van der Waals surface area contributed by atoms with Gasteiger partial charge in [-0.25, -0.2) is 0 Å². The molecule has 1 fully saturated rings. The van der Waals surface area contributed by atoms with Crippen LogP contribution in [0.3, 0.4) is 0 Å². The number of ether oxygens (including phenoxy) is 3. The number of carbonyl (C=O) groups excluding carboxylic acids is 1. The number of aliphatic hydroxyl groups excluding tert-OH is 1. The summed E-state index contributed by atoms with van der Waals surface area (Å²) in [7, 11) is 1.72. The van der Waals surface area contributed by atoms with Crippen LogP contribution in [0, 0.1) is 0 Å². The van der Waals surface area contributed by atoms with E-state index in [2.05, 4.69) is 17.1 Å².